The second-order valence-electron chi connectivity index (χ2n) is 8.52. The highest BCUT2D eigenvalue weighted by atomic mass is 32.2. The van der Waals surface area contributed by atoms with Crippen molar-refractivity contribution in [1.29, 1.82) is 0 Å². The summed E-state index contributed by atoms with van der Waals surface area (Å²) < 4.78 is 33.0. The van der Waals surface area contributed by atoms with Gasteiger partial charge in [-0.25, -0.2) is 8.42 Å². The third-order valence-electron chi connectivity index (χ3n) is 6.71. The third kappa shape index (κ3) is 3.92. The van der Waals surface area contributed by atoms with Crippen molar-refractivity contribution in [2.75, 3.05) is 25.5 Å². The van der Waals surface area contributed by atoms with Gasteiger partial charge in [-0.15, -0.1) is 0 Å². The highest BCUT2D eigenvalue weighted by Crippen LogP contribution is 2.49. The average molecular weight is 407 g/mol. The van der Waals surface area contributed by atoms with E-state index in [1.54, 1.807) is 18.2 Å². The molecular weight excluding hydrogens is 376 g/mol. The summed E-state index contributed by atoms with van der Waals surface area (Å²) in [5, 5.41) is 2.92. The minimum absolute atomic E-state index is 0.0240. The van der Waals surface area contributed by atoms with Gasteiger partial charge in [0.25, 0.3) is 0 Å². The summed E-state index contributed by atoms with van der Waals surface area (Å²) in [6.07, 6.45) is 8.35. The van der Waals surface area contributed by atoms with Gasteiger partial charge in [-0.05, 0) is 68.1 Å². The van der Waals surface area contributed by atoms with Crippen LogP contribution < -0.4 is 10.1 Å². The van der Waals surface area contributed by atoms with Crippen molar-refractivity contribution in [3.05, 3.63) is 18.2 Å². The van der Waals surface area contributed by atoms with Crippen LogP contribution in [0.25, 0.3) is 0 Å². The maximum atomic E-state index is 13.1. The largest absolute Gasteiger partial charge is 0.495 e. The molecule has 6 nitrogen and oxygen atoms in total. The molecule has 0 spiro atoms. The quantitative estimate of drug-likeness (QED) is 0.783. The van der Waals surface area contributed by atoms with Crippen molar-refractivity contribution in [3.63, 3.8) is 0 Å². The number of fused-ring (bicyclic) bond motifs is 2. The van der Waals surface area contributed by atoms with Crippen LogP contribution in [0.5, 0.6) is 5.75 Å². The van der Waals surface area contributed by atoms with Gasteiger partial charge in [-0.2, -0.15) is 4.31 Å². The molecule has 2 saturated carbocycles. The second kappa shape index (κ2) is 8.03. The van der Waals surface area contributed by atoms with Crippen LogP contribution in [-0.4, -0.2) is 38.8 Å². The molecule has 7 heteroatoms. The molecule has 1 saturated heterocycles. The Labute approximate surface area is 167 Å². The van der Waals surface area contributed by atoms with Crippen LogP contribution in [0.15, 0.2) is 23.1 Å². The Morgan fingerprint density at radius 1 is 1.18 bits per heavy atom. The van der Waals surface area contributed by atoms with E-state index in [-0.39, 0.29) is 10.8 Å². The van der Waals surface area contributed by atoms with Crippen LogP contribution in [0, 0.1) is 17.8 Å². The predicted octanol–water partition coefficient (Wildman–Crippen LogP) is 3.63. The Kier molecular flexibility index (Phi) is 5.65. The van der Waals surface area contributed by atoms with Gasteiger partial charge in [0, 0.05) is 25.2 Å². The maximum absolute atomic E-state index is 13.1. The predicted molar refractivity (Wildman–Crippen MR) is 108 cm³/mol. The van der Waals surface area contributed by atoms with Crippen molar-refractivity contribution < 1.29 is 17.9 Å². The Morgan fingerprint density at radius 2 is 1.96 bits per heavy atom. The third-order valence-corrected chi connectivity index (χ3v) is 8.63. The zero-order valence-corrected chi connectivity index (χ0v) is 17.3. The van der Waals surface area contributed by atoms with Crippen molar-refractivity contribution in [1.82, 2.24) is 4.31 Å². The van der Waals surface area contributed by atoms with Gasteiger partial charge < -0.3 is 10.1 Å². The summed E-state index contributed by atoms with van der Waals surface area (Å²) in [4.78, 5) is 12.7. The van der Waals surface area contributed by atoms with Gasteiger partial charge in [0.1, 0.15) is 10.6 Å². The first-order valence-electron chi connectivity index (χ1n) is 10.5. The van der Waals surface area contributed by atoms with E-state index in [9.17, 15) is 13.2 Å². The molecule has 0 unspecified atom stereocenters. The number of sulfonamides is 1. The molecular formula is C21H30N2O4S. The minimum atomic E-state index is -3.64. The van der Waals surface area contributed by atoms with Gasteiger partial charge in [-0.3, -0.25) is 4.79 Å². The fourth-order valence-corrected chi connectivity index (χ4v) is 6.98. The lowest BCUT2D eigenvalue weighted by molar-refractivity contribution is -0.117. The molecule has 2 aliphatic carbocycles. The number of amides is 1. The normalized spacial score (nSPS) is 27.7. The van der Waals surface area contributed by atoms with E-state index < -0.39 is 10.0 Å². The number of anilines is 1. The molecule has 2 bridgehead atoms. The fraction of sp³-hybridized carbons (Fsp3) is 0.667. The average Bonchev–Trinajstić information content (AvgIpc) is 3.31. The smallest absolute Gasteiger partial charge is 0.246 e. The topological polar surface area (TPSA) is 75.7 Å². The Morgan fingerprint density at radius 3 is 2.61 bits per heavy atom. The zero-order chi connectivity index (χ0) is 19.7. The van der Waals surface area contributed by atoms with E-state index in [4.69, 9.17) is 4.74 Å². The highest BCUT2D eigenvalue weighted by Gasteiger charge is 2.40. The van der Waals surface area contributed by atoms with E-state index in [0.29, 0.717) is 42.8 Å². The number of hydrogen-bond donors (Lipinski definition) is 1. The van der Waals surface area contributed by atoms with Crippen LogP contribution in [0.3, 0.4) is 0 Å². The summed E-state index contributed by atoms with van der Waals surface area (Å²) in [7, 11) is -2.17. The number of carbonyl (C=O) groups is 1. The summed E-state index contributed by atoms with van der Waals surface area (Å²) in [5.41, 5.74) is 0.518. The standard InChI is InChI=1S/C21H30N2O4S/c1-27-19-8-7-18(14-20(19)28(25,26)23-9-3-2-4-10-23)22-21(24)13-17-12-15-5-6-16(17)11-15/h7-8,14-17H,2-6,9-13H2,1H3,(H,22,24)/t15-,16+,17-/m0/s1. The van der Waals surface area contributed by atoms with E-state index in [1.165, 1.54) is 30.7 Å². The molecule has 3 aliphatic rings. The summed E-state index contributed by atoms with van der Waals surface area (Å²) in [5.74, 6) is 2.28. The molecule has 1 N–H and O–H groups in total. The van der Waals surface area contributed by atoms with Crippen LogP contribution in [0.2, 0.25) is 0 Å². The lowest BCUT2D eigenvalue weighted by Crippen LogP contribution is -2.35. The SMILES string of the molecule is COc1ccc(NC(=O)C[C@@H]2C[C@H]3CC[C@@H]2C3)cc1S(=O)(=O)N1CCCCC1. The minimum Gasteiger partial charge on any atom is -0.495 e. The molecule has 1 heterocycles. The molecule has 4 rings (SSSR count). The molecule has 0 radical (unpaired) electrons. The number of piperidine rings is 1. The number of methoxy groups -OCH3 is 1. The van der Waals surface area contributed by atoms with E-state index in [2.05, 4.69) is 5.32 Å². The molecule has 0 aromatic heterocycles. The Balaban J connectivity index is 1.49. The highest BCUT2D eigenvalue weighted by molar-refractivity contribution is 7.89. The van der Waals surface area contributed by atoms with Crippen LogP contribution >= 0.6 is 0 Å². The van der Waals surface area contributed by atoms with E-state index in [0.717, 1.165) is 31.6 Å². The summed E-state index contributed by atoms with van der Waals surface area (Å²) in [6.45, 7) is 1.07. The van der Waals surface area contributed by atoms with Gasteiger partial charge in [0.05, 0.1) is 7.11 Å². The number of carbonyl (C=O) groups excluding carboxylic acids is 1. The van der Waals surface area contributed by atoms with Crippen LogP contribution in [-0.2, 0) is 14.8 Å². The van der Waals surface area contributed by atoms with Gasteiger partial charge in [-0.1, -0.05) is 12.8 Å². The van der Waals surface area contributed by atoms with Gasteiger partial charge in [0.15, 0.2) is 0 Å². The van der Waals surface area contributed by atoms with Crippen LogP contribution in [0.1, 0.15) is 51.4 Å². The number of rotatable bonds is 6. The number of nitrogens with zero attached hydrogens (tertiary/aromatic N) is 1. The van der Waals surface area contributed by atoms with E-state index >= 15 is 0 Å². The number of nitrogens with one attached hydrogen (secondary N) is 1. The second-order valence-corrected chi connectivity index (χ2v) is 10.4. The van der Waals surface area contributed by atoms with E-state index in [1.807, 2.05) is 0 Å². The molecule has 28 heavy (non-hydrogen) atoms. The fourth-order valence-electron chi connectivity index (χ4n) is 5.28. The molecule has 154 valence electrons. The van der Waals surface area contributed by atoms with Crippen molar-refractivity contribution >= 4 is 21.6 Å². The zero-order valence-electron chi connectivity index (χ0n) is 16.5. The molecule has 1 aromatic carbocycles. The Hall–Kier alpha value is -1.60. The Bertz CT molecular complexity index is 833. The molecule has 1 aromatic rings. The first-order valence-corrected chi connectivity index (χ1v) is 11.9. The maximum Gasteiger partial charge on any atom is 0.246 e. The molecule has 3 atom stereocenters. The van der Waals surface area contributed by atoms with Crippen molar-refractivity contribution in [3.8, 4) is 5.75 Å². The molecule has 1 amide bonds. The number of benzene rings is 1. The lowest BCUT2D eigenvalue weighted by atomic mass is 9.86. The summed E-state index contributed by atoms with van der Waals surface area (Å²) >= 11 is 0. The first-order chi connectivity index (χ1) is 13.5. The van der Waals surface area contributed by atoms with Crippen molar-refractivity contribution in [2.24, 2.45) is 17.8 Å². The number of hydrogen-bond acceptors (Lipinski definition) is 4. The molecule has 1 aliphatic heterocycles. The van der Waals surface area contributed by atoms with Gasteiger partial charge in [0.2, 0.25) is 15.9 Å². The lowest BCUT2D eigenvalue weighted by Gasteiger charge is -2.26. The van der Waals surface area contributed by atoms with Gasteiger partial charge >= 0.3 is 0 Å². The first kappa shape index (κ1) is 19.7. The van der Waals surface area contributed by atoms with Crippen molar-refractivity contribution in [2.45, 2.75) is 56.3 Å². The van der Waals surface area contributed by atoms with Crippen LogP contribution in [0.4, 0.5) is 5.69 Å². The summed E-state index contributed by atoms with van der Waals surface area (Å²) in [6, 6.07) is 4.89. The molecule has 3 fully saturated rings. The monoisotopic (exact) mass is 406 g/mol. The number of ether oxygens (including phenoxy) is 1.